The number of nitrogens with one attached hydrogen (secondary N) is 1. The summed E-state index contributed by atoms with van der Waals surface area (Å²) in [4.78, 5) is 0. The van der Waals surface area contributed by atoms with Crippen LogP contribution in [-0.4, -0.2) is 43.6 Å². The lowest BCUT2D eigenvalue weighted by Crippen LogP contribution is -2.58. The number of hydrogen-bond acceptors (Lipinski definition) is 5. The van der Waals surface area contributed by atoms with E-state index < -0.39 is 27.3 Å². The van der Waals surface area contributed by atoms with E-state index in [9.17, 15) is 26.7 Å². The molecule has 3 rings (SSSR count). The standard InChI is InChI=1S/C18H20F3N2O3S2/c1-16(13-5-7-14(8-6-13)17(2,24)18(19,20)21)12-23(10-9-22-16)28(25,26)15-4-3-11-27-15/h3-8,11,22,24H,1,9-10,12H2,2H3/t16-,17?/m0/s1. The summed E-state index contributed by atoms with van der Waals surface area (Å²) in [5.41, 5.74) is -3.77. The summed E-state index contributed by atoms with van der Waals surface area (Å²) in [5, 5.41) is 14.6. The van der Waals surface area contributed by atoms with Gasteiger partial charge >= 0.3 is 6.18 Å². The van der Waals surface area contributed by atoms with Crippen molar-refractivity contribution in [2.75, 3.05) is 19.6 Å². The van der Waals surface area contributed by atoms with E-state index in [1.54, 1.807) is 11.4 Å². The number of benzene rings is 1. The van der Waals surface area contributed by atoms with Gasteiger partial charge in [-0.2, -0.15) is 17.5 Å². The van der Waals surface area contributed by atoms with Crippen LogP contribution < -0.4 is 5.32 Å². The van der Waals surface area contributed by atoms with Gasteiger partial charge in [-0.1, -0.05) is 30.3 Å². The van der Waals surface area contributed by atoms with Crippen molar-refractivity contribution in [2.24, 2.45) is 0 Å². The van der Waals surface area contributed by atoms with Gasteiger partial charge in [0, 0.05) is 19.6 Å². The molecule has 2 atom stereocenters. The molecule has 1 fully saturated rings. The maximum atomic E-state index is 13.0. The Morgan fingerprint density at radius 1 is 1.25 bits per heavy atom. The monoisotopic (exact) mass is 433 g/mol. The summed E-state index contributed by atoms with van der Waals surface area (Å²) in [6, 6.07) is 8.41. The summed E-state index contributed by atoms with van der Waals surface area (Å²) in [5.74, 6) is 0. The quantitative estimate of drug-likeness (QED) is 0.778. The molecule has 0 spiro atoms. The molecule has 2 N–H and O–H groups in total. The van der Waals surface area contributed by atoms with Crippen LogP contribution in [0.4, 0.5) is 13.2 Å². The summed E-state index contributed by atoms with van der Waals surface area (Å²) < 4.78 is 66.2. The molecule has 2 aromatic rings. The van der Waals surface area contributed by atoms with Gasteiger partial charge < -0.3 is 10.4 Å². The van der Waals surface area contributed by atoms with Crippen LogP contribution in [0.15, 0.2) is 46.0 Å². The number of nitrogens with zero attached hydrogens (tertiary/aromatic N) is 1. The molecule has 5 nitrogen and oxygen atoms in total. The number of halogens is 3. The van der Waals surface area contributed by atoms with Gasteiger partial charge in [0.1, 0.15) is 4.21 Å². The summed E-state index contributed by atoms with van der Waals surface area (Å²) >= 11 is 1.12. The second-order valence-corrected chi connectivity index (χ2v) is 10.0. The molecule has 1 radical (unpaired) electrons. The van der Waals surface area contributed by atoms with Crippen molar-refractivity contribution in [3.05, 3.63) is 59.8 Å². The van der Waals surface area contributed by atoms with Crippen LogP contribution in [0.3, 0.4) is 0 Å². The smallest absolute Gasteiger partial charge is 0.376 e. The Labute approximate surface area is 165 Å². The third-order valence-electron chi connectivity index (χ3n) is 4.91. The Bertz CT molecular complexity index is 926. The molecule has 1 saturated heterocycles. The maximum Gasteiger partial charge on any atom is 0.421 e. The highest BCUT2D eigenvalue weighted by molar-refractivity contribution is 7.91. The second kappa shape index (κ2) is 7.10. The third kappa shape index (κ3) is 3.71. The molecule has 10 heteroatoms. The SMILES string of the molecule is [CH2][C@@]1(c2ccc(C(C)(O)C(F)(F)F)cc2)CN(S(=O)(=O)c2cccs2)CCN1. The largest absolute Gasteiger partial charge is 0.421 e. The fraction of sp³-hybridized carbons (Fsp3) is 0.389. The minimum atomic E-state index is -4.81. The Morgan fingerprint density at radius 3 is 2.43 bits per heavy atom. The number of rotatable bonds is 4. The lowest BCUT2D eigenvalue weighted by molar-refractivity contribution is -0.258. The zero-order chi connectivity index (χ0) is 20.8. The fourth-order valence-corrected chi connectivity index (χ4v) is 5.71. The highest BCUT2D eigenvalue weighted by Crippen LogP contribution is 2.39. The Morgan fingerprint density at radius 2 is 1.89 bits per heavy atom. The van der Waals surface area contributed by atoms with Crippen LogP contribution in [0.1, 0.15) is 18.1 Å². The van der Waals surface area contributed by atoms with Gasteiger partial charge in [-0.25, -0.2) is 8.42 Å². The van der Waals surface area contributed by atoms with Gasteiger partial charge in [0.25, 0.3) is 10.0 Å². The van der Waals surface area contributed by atoms with Crippen molar-refractivity contribution < 1.29 is 26.7 Å². The highest BCUT2D eigenvalue weighted by Gasteiger charge is 2.51. The molecular formula is C18H20F3N2O3S2. The molecule has 1 aliphatic heterocycles. The fourth-order valence-electron chi connectivity index (χ4n) is 3.07. The predicted octanol–water partition coefficient (Wildman–Crippen LogP) is 2.84. The first kappa shape index (κ1) is 21.3. The topological polar surface area (TPSA) is 69.6 Å². The van der Waals surface area contributed by atoms with E-state index in [0.29, 0.717) is 19.0 Å². The molecule has 28 heavy (non-hydrogen) atoms. The van der Waals surface area contributed by atoms with E-state index in [-0.39, 0.29) is 22.9 Å². The van der Waals surface area contributed by atoms with Crippen molar-refractivity contribution in [2.45, 2.75) is 28.4 Å². The molecule has 1 aromatic heterocycles. The van der Waals surface area contributed by atoms with Crippen LogP contribution in [0, 0.1) is 6.92 Å². The van der Waals surface area contributed by atoms with E-state index >= 15 is 0 Å². The van der Waals surface area contributed by atoms with Gasteiger partial charge in [0.2, 0.25) is 0 Å². The van der Waals surface area contributed by atoms with Crippen LogP contribution >= 0.6 is 11.3 Å². The number of alkyl halides is 3. The number of thiophene rings is 1. The van der Waals surface area contributed by atoms with Crippen molar-refractivity contribution in [1.82, 2.24) is 9.62 Å². The summed E-state index contributed by atoms with van der Waals surface area (Å²) in [6.07, 6.45) is -4.81. The Hall–Kier alpha value is -1.46. The summed E-state index contributed by atoms with van der Waals surface area (Å²) in [7, 11) is -3.67. The normalized spacial score (nSPS) is 24.1. The summed E-state index contributed by atoms with van der Waals surface area (Å²) in [6.45, 7) is 5.41. The van der Waals surface area contributed by atoms with Crippen LogP contribution in [0.2, 0.25) is 0 Å². The Kier molecular flexibility index (Phi) is 5.39. The average molecular weight is 433 g/mol. The van der Waals surface area contributed by atoms with Crippen molar-refractivity contribution in [3.8, 4) is 0 Å². The highest BCUT2D eigenvalue weighted by atomic mass is 32.2. The third-order valence-corrected chi connectivity index (χ3v) is 8.13. The second-order valence-electron chi connectivity index (χ2n) is 6.93. The van der Waals surface area contributed by atoms with Gasteiger partial charge in [0.15, 0.2) is 5.60 Å². The first-order chi connectivity index (χ1) is 12.9. The first-order valence-electron chi connectivity index (χ1n) is 8.42. The lowest BCUT2D eigenvalue weighted by Gasteiger charge is -2.41. The van der Waals surface area contributed by atoms with Gasteiger partial charge in [0.05, 0.1) is 5.54 Å². The molecular weight excluding hydrogens is 413 g/mol. The minimum Gasteiger partial charge on any atom is -0.376 e. The molecule has 153 valence electrons. The van der Waals surface area contributed by atoms with E-state index in [1.807, 2.05) is 0 Å². The molecule has 1 aromatic carbocycles. The number of hydrogen-bond donors (Lipinski definition) is 2. The van der Waals surface area contributed by atoms with E-state index in [4.69, 9.17) is 0 Å². The van der Waals surface area contributed by atoms with Crippen molar-refractivity contribution in [1.29, 1.82) is 0 Å². The molecule has 0 saturated carbocycles. The average Bonchev–Trinajstić information content (AvgIpc) is 3.16. The van der Waals surface area contributed by atoms with Crippen molar-refractivity contribution >= 4 is 21.4 Å². The van der Waals surface area contributed by atoms with Gasteiger partial charge in [-0.3, -0.25) is 0 Å². The van der Waals surface area contributed by atoms with Gasteiger partial charge in [-0.15, -0.1) is 11.3 Å². The van der Waals surface area contributed by atoms with E-state index in [1.165, 1.54) is 34.6 Å². The number of aliphatic hydroxyl groups is 1. The molecule has 1 unspecified atom stereocenters. The van der Waals surface area contributed by atoms with Crippen LogP contribution in [-0.2, 0) is 21.2 Å². The molecule has 0 aliphatic carbocycles. The zero-order valence-electron chi connectivity index (χ0n) is 15.0. The van der Waals surface area contributed by atoms with Gasteiger partial charge in [-0.05, 0) is 36.4 Å². The van der Waals surface area contributed by atoms with E-state index in [0.717, 1.165) is 11.3 Å². The first-order valence-corrected chi connectivity index (χ1v) is 10.7. The number of piperazine rings is 1. The molecule has 1 aliphatic rings. The minimum absolute atomic E-state index is 0.0300. The van der Waals surface area contributed by atoms with Crippen LogP contribution in [0.5, 0.6) is 0 Å². The lowest BCUT2D eigenvalue weighted by atomic mass is 9.87. The molecule has 2 heterocycles. The maximum absolute atomic E-state index is 13.0. The Balaban J connectivity index is 1.87. The molecule has 0 bridgehead atoms. The van der Waals surface area contributed by atoms with Crippen molar-refractivity contribution in [3.63, 3.8) is 0 Å². The zero-order valence-corrected chi connectivity index (χ0v) is 16.7. The molecule has 0 amide bonds. The van der Waals surface area contributed by atoms with E-state index in [2.05, 4.69) is 12.2 Å². The predicted molar refractivity (Wildman–Crippen MR) is 100 cm³/mol. The van der Waals surface area contributed by atoms with Crippen LogP contribution in [0.25, 0.3) is 0 Å². The number of sulfonamides is 1.